The zero-order chi connectivity index (χ0) is 22.3. The third-order valence-corrected chi connectivity index (χ3v) is 5.73. The molecule has 0 fully saturated rings. The van der Waals surface area contributed by atoms with Gasteiger partial charge in [-0.05, 0) is 19.1 Å². The van der Waals surface area contributed by atoms with Crippen molar-refractivity contribution in [1.29, 1.82) is 0 Å². The number of hydrogen-bond donors (Lipinski definition) is 2. The fourth-order valence-electron chi connectivity index (χ4n) is 3.77. The lowest BCUT2D eigenvalue weighted by molar-refractivity contribution is -0.137. The highest BCUT2D eigenvalue weighted by Crippen LogP contribution is 2.37. The number of benzene rings is 1. The number of halogens is 5. The van der Waals surface area contributed by atoms with Crippen molar-refractivity contribution in [2.45, 2.75) is 32.1 Å². The Morgan fingerprint density at radius 2 is 2.10 bits per heavy atom. The van der Waals surface area contributed by atoms with Crippen molar-refractivity contribution >= 4 is 23.3 Å². The number of rotatable bonds is 4. The summed E-state index contributed by atoms with van der Waals surface area (Å²) in [6.45, 7) is 1.65. The van der Waals surface area contributed by atoms with Gasteiger partial charge in [0.1, 0.15) is 6.67 Å². The molecule has 166 valence electrons. The van der Waals surface area contributed by atoms with Gasteiger partial charge in [-0.3, -0.25) is 9.48 Å². The molecule has 12 heteroatoms. The summed E-state index contributed by atoms with van der Waals surface area (Å²) >= 11 is 5.94. The summed E-state index contributed by atoms with van der Waals surface area (Å²) < 4.78 is 53.5. The molecule has 31 heavy (non-hydrogen) atoms. The lowest BCUT2D eigenvalue weighted by Crippen LogP contribution is -2.46. The van der Waals surface area contributed by atoms with Crippen LogP contribution in [-0.2, 0) is 12.7 Å². The third-order valence-electron chi connectivity index (χ3n) is 5.32. The first-order valence-corrected chi connectivity index (χ1v) is 9.91. The van der Waals surface area contributed by atoms with E-state index < -0.39 is 35.4 Å². The van der Waals surface area contributed by atoms with Crippen LogP contribution >= 0.6 is 11.6 Å². The fourth-order valence-corrected chi connectivity index (χ4v) is 4.08. The molecule has 0 radical (unpaired) electrons. The summed E-state index contributed by atoms with van der Waals surface area (Å²) in [5.41, 5.74) is 6.28. The fraction of sp³-hybridized carbons (Fsp3) is 0.368. The average molecular weight is 459 g/mol. The second kappa shape index (κ2) is 8.04. The van der Waals surface area contributed by atoms with Gasteiger partial charge in [-0.25, -0.2) is 9.40 Å². The summed E-state index contributed by atoms with van der Waals surface area (Å²) in [6, 6.07) is 4.59. The maximum absolute atomic E-state index is 13.2. The summed E-state index contributed by atoms with van der Waals surface area (Å²) in [5, 5.41) is 5.41. The van der Waals surface area contributed by atoms with Crippen molar-refractivity contribution in [2.75, 3.05) is 18.2 Å². The molecule has 0 saturated heterocycles. The Balaban J connectivity index is 1.58. The maximum atomic E-state index is 13.2. The average Bonchev–Trinajstić information content (AvgIpc) is 3.34. The van der Waals surface area contributed by atoms with Gasteiger partial charge in [0.05, 0.1) is 40.1 Å². The highest BCUT2D eigenvalue weighted by Gasteiger charge is 2.39. The van der Waals surface area contributed by atoms with E-state index in [0.29, 0.717) is 17.9 Å². The molecule has 0 bridgehead atoms. The molecule has 4 rings (SSSR count). The van der Waals surface area contributed by atoms with Gasteiger partial charge in [-0.1, -0.05) is 17.7 Å². The number of nitrogens with one attached hydrogen (secondary N) is 2. The Kier molecular flexibility index (Phi) is 5.56. The standard InChI is InChI=1S/C19H19ClF4N6O/c1-11-17-14(30(27-25-17)15-6-8-28(26-15)10-7-21)5-9-29(11)18(31)12-3-2-4-13(16(12)20)19(22,23)24/h2-4,6,8,11,25,27H,5,7,9-10H2,1H3/t11-/m0/s1. The summed E-state index contributed by atoms with van der Waals surface area (Å²) in [6.07, 6.45) is -2.57. The Morgan fingerprint density at radius 3 is 2.81 bits per heavy atom. The molecule has 0 aliphatic carbocycles. The Bertz CT molecular complexity index is 1040. The highest BCUT2D eigenvalue weighted by atomic mass is 35.5. The molecule has 7 nitrogen and oxygen atoms in total. The SMILES string of the molecule is C[C@H]1C2=C(CCN1C(=O)c1cccc(C(F)(F)F)c1Cl)N(c1ccn(CCF)n1)NN2. The topological polar surface area (TPSA) is 65.4 Å². The van der Waals surface area contributed by atoms with Gasteiger partial charge in [0.25, 0.3) is 5.91 Å². The Hall–Kier alpha value is -2.79. The molecule has 2 aromatic rings. The quantitative estimate of drug-likeness (QED) is 0.687. The first kappa shape index (κ1) is 21.4. The molecule has 1 aromatic heterocycles. The van der Waals surface area contributed by atoms with E-state index >= 15 is 0 Å². The van der Waals surface area contributed by atoms with Crippen molar-refractivity contribution in [3.63, 3.8) is 0 Å². The molecule has 0 unspecified atom stereocenters. The second-order valence-corrected chi connectivity index (χ2v) is 7.53. The van der Waals surface area contributed by atoms with Crippen LogP contribution in [0.15, 0.2) is 41.9 Å². The minimum absolute atomic E-state index is 0.142. The van der Waals surface area contributed by atoms with Crippen LogP contribution in [0.5, 0.6) is 0 Å². The van der Waals surface area contributed by atoms with E-state index in [9.17, 15) is 22.4 Å². The van der Waals surface area contributed by atoms with Gasteiger partial charge < -0.3 is 10.3 Å². The number of aryl methyl sites for hydroxylation is 1. The van der Waals surface area contributed by atoms with Crippen molar-refractivity contribution in [3.8, 4) is 0 Å². The molecule has 3 heterocycles. The van der Waals surface area contributed by atoms with Crippen molar-refractivity contribution in [3.05, 3.63) is 58.0 Å². The zero-order valence-electron chi connectivity index (χ0n) is 16.4. The Morgan fingerprint density at radius 1 is 1.32 bits per heavy atom. The van der Waals surface area contributed by atoms with E-state index in [2.05, 4.69) is 16.1 Å². The molecule has 2 aliphatic rings. The van der Waals surface area contributed by atoms with Crippen LogP contribution in [0.2, 0.25) is 5.02 Å². The van der Waals surface area contributed by atoms with Crippen LogP contribution < -0.4 is 16.0 Å². The number of amides is 1. The van der Waals surface area contributed by atoms with Crippen LogP contribution in [0.1, 0.15) is 29.3 Å². The molecule has 1 aromatic carbocycles. The molecule has 1 amide bonds. The van der Waals surface area contributed by atoms with Crippen LogP contribution in [0.25, 0.3) is 0 Å². The predicted octanol–water partition coefficient (Wildman–Crippen LogP) is 3.50. The number of nitrogens with zero attached hydrogens (tertiary/aromatic N) is 4. The minimum atomic E-state index is -4.65. The van der Waals surface area contributed by atoms with Crippen molar-refractivity contribution in [1.82, 2.24) is 25.6 Å². The van der Waals surface area contributed by atoms with E-state index in [-0.39, 0.29) is 18.7 Å². The lowest BCUT2D eigenvalue weighted by atomic mass is 10.0. The minimum Gasteiger partial charge on any atom is -0.330 e. The summed E-state index contributed by atoms with van der Waals surface area (Å²) in [5.74, 6) is -0.0264. The van der Waals surface area contributed by atoms with Gasteiger partial charge in [0.2, 0.25) is 0 Å². The first-order chi connectivity index (χ1) is 14.7. The predicted molar refractivity (Wildman–Crippen MR) is 106 cm³/mol. The number of carbonyl (C=O) groups excluding carboxylic acids is 1. The number of hydrazine groups is 2. The van der Waals surface area contributed by atoms with Crippen LogP contribution in [0.3, 0.4) is 0 Å². The lowest BCUT2D eigenvalue weighted by Gasteiger charge is -2.35. The van der Waals surface area contributed by atoms with Crippen molar-refractivity contribution in [2.24, 2.45) is 0 Å². The zero-order valence-corrected chi connectivity index (χ0v) is 17.1. The molecule has 2 aliphatic heterocycles. The van der Waals surface area contributed by atoms with Gasteiger partial charge in [-0.15, -0.1) is 5.53 Å². The normalized spacial score (nSPS) is 19.0. The first-order valence-electron chi connectivity index (χ1n) is 9.53. The molecule has 0 spiro atoms. The molecular formula is C19H19ClF4N6O. The smallest absolute Gasteiger partial charge is 0.330 e. The van der Waals surface area contributed by atoms with Gasteiger partial charge in [0, 0.05) is 25.2 Å². The van der Waals surface area contributed by atoms with Gasteiger partial charge >= 0.3 is 6.18 Å². The number of carbonyl (C=O) groups is 1. The van der Waals surface area contributed by atoms with E-state index in [4.69, 9.17) is 11.6 Å². The number of anilines is 1. The van der Waals surface area contributed by atoms with Gasteiger partial charge in [-0.2, -0.15) is 18.3 Å². The molecule has 2 N–H and O–H groups in total. The van der Waals surface area contributed by atoms with E-state index in [1.54, 1.807) is 24.2 Å². The maximum Gasteiger partial charge on any atom is 0.417 e. The van der Waals surface area contributed by atoms with Crippen LogP contribution in [0.4, 0.5) is 23.4 Å². The summed E-state index contributed by atoms with van der Waals surface area (Å²) in [7, 11) is 0. The molecular weight excluding hydrogens is 440 g/mol. The molecule has 0 saturated carbocycles. The van der Waals surface area contributed by atoms with Crippen molar-refractivity contribution < 1.29 is 22.4 Å². The van der Waals surface area contributed by atoms with Crippen LogP contribution in [-0.4, -0.2) is 39.8 Å². The van der Waals surface area contributed by atoms with E-state index in [1.807, 2.05) is 0 Å². The third kappa shape index (κ3) is 3.83. The number of hydrogen-bond acceptors (Lipinski definition) is 5. The van der Waals surface area contributed by atoms with Gasteiger partial charge in [0.15, 0.2) is 5.82 Å². The summed E-state index contributed by atoms with van der Waals surface area (Å²) in [4.78, 5) is 14.5. The number of aromatic nitrogens is 2. The monoisotopic (exact) mass is 458 g/mol. The molecule has 1 atom stereocenters. The largest absolute Gasteiger partial charge is 0.417 e. The number of alkyl halides is 4. The van der Waals surface area contributed by atoms with E-state index in [1.165, 1.54) is 21.7 Å². The Labute approximate surface area is 180 Å². The second-order valence-electron chi connectivity index (χ2n) is 7.15. The van der Waals surface area contributed by atoms with Crippen LogP contribution in [0, 0.1) is 0 Å². The highest BCUT2D eigenvalue weighted by molar-refractivity contribution is 6.34. The van der Waals surface area contributed by atoms with E-state index in [0.717, 1.165) is 11.8 Å².